The fraction of sp³-hybridized carbons (Fsp3) is 0.857. The normalized spacial score (nSPS) is 24.3. The molecule has 106 valence electrons. The average molecular weight is 266 g/mol. The summed E-state index contributed by atoms with van der Waals surface area (Å²) in [5, 5.41) is 14.0. The lowest BCUT2D eigenvalue weighted by molar-refractivity contribution is -0.0527. The lowest BCUT2D eigenvalue weighted by Crippen LogP contribution is -2.32. The van der Waals surface area contributed by atoms with Gasteiger partial charge in [-0.1, -0.05) is 24.4 Å². The number of ether oxygens (including phenoxy) is 1. The molecule has 0 aromatic carbocycles. The molecule has 2 saturated carbocycles. The maximum absolute atomic E-state index is 9.92. The van der Waals surface area contributed by atoms with E-state index in [-0.39, 0.29) is 11.7 Å². The van der Waals surface area contributed by atoms with Crippen molar-refractivity contribution in [3.63, 3.8) is 0 Å². The Morgan fingerprint density at radius 2 is 2.11 bits per heavy atom. The quantitative estimate of drug-likeness (QED) is 0.884. The van der Waals surface area contributed by atoms with Crippen LogP contribution in [-0.2, 0) is 16.8 Å². The second-order valence-corrected chi connectivity index (χ2v) is 5.88. The van der Waals surface area contributed by atoms with Crippen LogP contribution in [0, 0.1) is 5.92 Å². The Morgan fingerprint density at radius 3 is 2.74 bits per heavy atom. The van der Waals surface area contributed by atoms with Crippen LogP contribution >= 0.6 is 0 Å². The van der Waals surface area contributed by atoms with Crippen molar-refractivity contribution >= 4 is 0 Å². The molecule has 0 spiro atoms. The van der Waals surface area contributed by atoms with Crippen molar-refractivity contribution in [3.8, 4) is 0 Å². The highest BCUT2D eigenvalue weighted by Gasteiger charge is 2.39. The predicted molar refractivity (Wildman–Crippen MR) is 68.5 cm³/mol. The van der Waals surface area contributed by atoms with Gasteiger partial charge in [0.1, 0.15) is 5.60 Å². The summed E-state index contributed by atoms with van der Waals surface area (Å²) >= 11 is 0. The zero-order chi connectivity index (χ0) is 13.3. The van der Waals surface area contributed by atoms with Crippen molar-refractivity contribution in [1.82, 2.24) is 10.1 Å². The lowest BCUT2D eigenvalue weighted by Gasteiger charge is -2.32. The smallest absolute Gasteiger partial charge is 0.229 e. The Balaban J connectivity index is 1.71. The van der Waals surface area contributed by atoms with Gasteiger partial charge in [-0.15, -0.1) is 0 Å². The highest BCUT2D eigenvalue weighted by atomic mass is 16.5. The van der Waals surface area contributed by atoms with Crippen molar-refractivity contribution < 1.29 is 14.4 Å². The minimum atomic E-state index is -0.371. The van der Waals surface area contributed by atoms with Gasteiger partial charge in [-0.2, -0.15) is 4.98 Å². The number of nitrogens with zero attached hydrogens (tertiary/aromatic N) is 2. The van der Waals surface area contributed by atoms with E-state index in [1.807, 2.05) is 0 Å². The van der Waals surface area contributed by atoms with Crippen LogP contribution in [0.4, 0.5) is 0 Å². The number of aromatic nitrogens is 2. The van der Waals surface area contributed by atoms with E-state index in [1.165, 1.54) is 6.42 Å². The molecule has 5 heteroatoms. The van der Waals surface area contributed by atoms with E-state index in [2.05, 4.69) is 10.1 Å². The lowest BCUT2D eigenvalue weighted by atomic mass is 9.84. The minimum Gasteiger partial charge on any atom is -0.392 e. The minimum absolute atomic E-state index is 0.335. The molecule has 2 aliphatic rings. The van der Waals surface area contributed by atoms with Crippen LogP contribution in [0.15, 0.2) is 4.52 Å². The molecule has 2 fully saturated rings. The van der Waals surface area contributed by atoms with Crippen LogP contribution in [0.1, 0.15) is 56.7 Å². The molecule has 1 N–H and O–H groups in total. The summed E-state index contributed by atoms with van der Waals surface area (Å²) in [6.45, 7) is 0. The molecule has 1 heterocycles. The van der Waals surface area contributed by atoms with Crippen molar-refractivity contribution in [3.05, 3.63) is 11.7 Å². The van der Waals surface area contributed by atoms with Crippen LogP contribution < -0.4 is 0 Å². The first-order chi connectivity index (χ1) is 9.23. The molecule has 5 nitrogen and oxygen atoms in total. The van der Waals surface area contributed by atoms with Crippen LogP contribution in [0.3, 0.4) is 0 Å². The van der Waals surface area contributed by atoms with Crippen molar-refractivity contribution in [2.24, 2.45) is 5.92 Å². The van der Waals surface area contributed by atoms with Gasteiger partial charge in [-0.3, -0.25) is 0 Å². The monoisotopic (exact) mass is 266 g/mol. The number of aliphatic hydroxyl groups excluding tert-OH is 1. The Kier molecular flexibility index (Phi) is 3.58. The van der Waals surface area contributed by atoms with Gasteiger partial charge in [0.25, 0.3) is 0 Å². The van der Waals surface area contributed by atoms with E-state index >= 15 is 0 Å². The Morgan fingerprint density at radius 1 is 1.37 bits per heavy atom. The highest BCUT2D eigenvalue weighted by molar-refractivity contribution is 5.04. The molecule has 0 aliphatic heterocycles. The van der Waals surface area contributed by atoms with Crippen molar-refractivity contribution in [1.29, 1.82) is 0 Å². The molecule has 0 amide bonds. The molecule has 19 heavy (non-hydrogen) atoms. The number of aliphatic hydroxyl groups is 1. The molecular formula is C14H22N2O3. The van der Waals surface area contributed by atoms with Crippen molar-refractivity contribution in [2.45, 2.75) is 63.1 Å². The molecule has 0 radical (unpaired) electrons. The third-order valence-corrected chi connectivity index (χ3v) is 4.48. The van der Waals surface area contributed by atoms with Gasteiger partial charge >= 0.3 is 0 Å². The van der Waals surface area contributed by atoms with E-state index < -0.39 is 0 Å². The molecule has 2 aliphatic carbocycles. The first kappa shape index (κ1) is 13.1. The number of hydrogen-bond donors (Lipinski definition) is 1. The first-order valence-corrected chi connectivity index (χ1v) is 7.30. The Labute approximate surface area is 113 Å². The summed E-state index contributed by atoms with van der Waals surface area (Å²) in [7, 11) is 1.72. The summed E-state index contributed by atoms with van der Waals surface area (Å²) in [4.78, 5) is 4.46. The largest absolute Gasteiger partial charge is 0.392 e. The third kappa shape index (κ3) is 2.67. The Hall–Kier alpha value is -0.940. The van der Waals surface area contributed by atoms with Gasteiger partial charge in [0.15, 0.2) is 0 Å². The maximum atomic E-state index is 9.92. The zero-order valence-electron chi connectivity index (χ0n) is 11.5. The van der Waals surface area contributed by atoms with Gasteiger partial charge in [-0.05, 0) is 31.6 Å². The van der Waals surface area contributed by atoms with Crippen molar-refractivity contribution in [2.75, 3.05) is 7.11 Å². The van der Waals surface area contributed by atoms with Gasteiger partial charge in [-0.25, -0.2) is 0 Å². The second-order valence-electron chi connectivity index (χ2n) is 5.88. The summed E-state index contributed by atoms with van der Waals surface area (Å²) in [6.07, 6.45) is 7.80. The van der Waals surface area contributed by atoms with Gasteiger partial charge in [0.05, 0.1) is 12.5 Å². The number of rotatable bonds is 5. The van der Waals surface area contributed by atoms with Gasteiger partial charge < -0.3 is 14.4 Å². The second kappa shape index (κ2) is 5.21. The molecule has 1 aromatic rings. The summed E-state index contributed by atoms with van der Waals surface area (Å²) in [5.74, 6) is 1.63. The topological polar surface area (TPSA) is 68.4 Å². The van der Waals surface area contributed by atoms with Gasteiger partial charge in [0.2, 0.25) is 11.7 Å². The van der Waals surface area contributed by atoms with Crippen LogP contribution in [-0.4, -0.2) is 28.5 Å². The molecule has 1 unspecified atom stereocenters. The molecule has 3 rings (SSSR count). The predicted octanol–water partition coefficient (Wildman–Crippen LogP) is 2.19. The van der Waals surface area contributed by atoms with E-state index in [0.717, 1.165) is 38.5 Å². The molecular weight excluding hydrogens is 244 g/mol. The number of hydrogen-bond acceptors (Lipinski definition) is 5. The average Bonchev–Trinajstić information content (AvgIpc) is 3.20. The highest BCUT2D eigenvalue weighted by Crippen LogP contribution is 2.39. The van der Waals surface area contributed by atoms with Crippen LogP contribution in [0.25, 0.3) is 0 Å². The number of methoxy groups -OCH3 is 1. The third-order valence-electron chi connectivity index (χ3n) is 4.48. The fourth-order valence-electron chi connectivity index (χ4n) is 2.99. The Bertz CT molecular complexity index is 422. The van der Waals surface area contributed by atoms with E-state index in [0.29, 0.717) is 24.1 Å². The van der Waals surface area contributed by atoms with Crippen LogP contribution in [0.5, 0.6) is 0 Å². The van der Waals surface area contributed by atoms with E-state index in [1.54, 1.807) is 7.11 Å². The standard InChI is InChI=1S/C14H22N2O3/c1-18-14(7-3-2-4-8-14)13-15-12(19-16-13)9-11(17)10-5-6-10/h10-11,17H,2-9H2,1H3. The zero-order valence-corrected chi connectivity index (χ0v) is 11.5. The van der Waals surface area contributed by atoms with Gasteiger partial charge in [0, 0.05) is 7.11 Å². The summed E-state index contributed by atoms with van der Waals surface area (Å²) < 4.78 is 11.0. The van der Waals surface area contributed by atoms with Crippen LogP contribution in [0.2, 0.25) is 0 Å². The molecule has 1 aromatic heterocycles. The van der Waals surface area contributed by atoms with E-state index in [4.69, 9.17) is 9.26 Å². The first-order valence-electron chi connectivity index (χ1n) is 7.30. The van der Waals surface area contributed by atoms with E-state index in [9.17, 15) is 5.11 Å². The fourth-order valence-corrected chi connectivity index (χ4v) is 2.99. The maximum Gasteiger partial charge on any atom is 0.229 e. The molecule has 0 bridgehead atoms. The SMILES string of the molecule is COC1(c2noc(CC(O)C3CC3)n2)CCCCC1. The molecule has 0 saturated heterocycles. The summed E-state index contributed by atoms with van der Waals surface area (Å²) in [5.41, 5.74) is -0.371. The summed E-state index contributed by atoms with van der Waals surface area (Å²) in [6, 6.07) is 0. The molecule has 1 atom stereocenters.